The molecule has 3 rings (SSSR count). The average molecular weight is 359 g/mol. The molecule has 0 saturated heterocycles. The molecule has 5 nitrogen and oxygen atoms in total. The topological polar surface area (TPSA) is 82.0 Å². The average Bonchev–Trinajstić information content (AvgIpc) is 2.72. The molecular formula is C21H14FN3O2. The Labute approximate surface area is 155 Å². The molecule has 2 N–H and O–H groups in total. The Morgan fingerprint density at radius 1 is 0.778 bits per heavy atom. The maximum Gasteiger partial charge on any atom is 0.270 e. The molecule has 3 aromatic rings. The van der Waals surface area contributed by atoms with Crippen molar-refractivity contribution in [1.82, 2.24) is 10.9 Å². The van der Waals surface area contributed by atoms with E-state index in [0.29, 0.717) is 22.3 Å². The van der Waals surface area contributed by atoms with E-state index in [1.165, 1.54) is 12.1 Å². The zero-order chi connectivity index (χ0) is 19.2. The summed E-state index contributed by atoms with van der Waals surface area (Å²) in [6.45, 7) is 0. The fraction of sp³-hybridized carbons (Fsp3) is 0. The minimum Gasteiger partial charge on any atom is -0.267 e. The largest absolute Gasteiger partial charge is 0.270 e. The monoisotopic (exact) mass is 359 g/mol. The Hall–Kier alpha value is -3.98. The molecule has 0 aliphatic heterocycles. The number of hydrazine groups is 1. The van der Waals surface area contributed by atoms with Crippen LogP contribution in [0.4, 0.5) is 4.39 Å². The summed E-state index contributed by atoms with van der Waals surface area (Å²) in [6, 6.07) is 20.8. The van der Waals surface area contributed by atoms with Crippen LogP contribution in [0.15, 0.2) is 72.8 Å². The first-order valence-corrected chi connectivity index (χ1v) is 8.05. The minimum atomic E-state index is -0.571. The first-order chi connectivity index (χ1) is 13.1. The Morgan fingerprint density at radius 2 is 1.37 bits per heavy atom. The van der Waals surface area contributed by atoms with Gasteiger partial charge in [0.15, 0.2) is 0 Å². The van der Waals surface area contributed by atoms with Crippen molar-refractivity contribution < 1.29 is 14.0 Å². The molecule has 0 aromatic heterocycles. The number of halogens is 1. The number of rotatable bonds is 3. The second-order valence-corrected chi connectivity index (χ2v) is 5.62. The summed E-state index contributed by atoms with van der Waals surface area (Å²) in [5, 5.41) is 9.30. The number of carbonyl (C=O) groups excluding carboxylic acids is 2. The first-order valence-electron chi connectivity index (χ1n) is 8.05. The summed E-state index contributed by atoms with van der Waals surface area (Å²) in [5.74, 6) is -1.56. The Balaban J connectivity index is 1.81. The first kappa shape index (κ1) is 17.8. The highest BCUT2D eigenvalue weighted by Gasteiger charge is 2.15. The smallest absolute Gasteiger partial charge is 0.267 e. The fourth-order valence-electron chi connectivity index (χ4n) is 2.59. The molecular weight excluding hydrogens is 345 g/mol. The van der Waals surface area contributed by atoms with Gasteiger partial charge in [-0.15, -0.1) is 0 Å². The number of hydrogen-bond donors (Lipinski definition) is 2. The molecule has 0 atom stereocenters. The van der Waals surface area contributed by atoms with Gasteiger partial charge in [0.05, 0.1) is 11.6 Å². The van der Waals surface area contributed by atoms with E-state index in [4.69, 9.17) is 0 Å². The van der Waals surface area contributed by atoms with Crippen molar-refractivity contribution in [3.05, 3.63) is 95.3 Å². The molecule has 0 heterocycles. The van der Waals surface area contributed by atoms with Gasteiger partial charge in [-0.2, -0.15) is 5.26 Å². The van der Waals surface area contributed by atoms with Crippen LogP contribution in [-0.2, 0) is 0 Å². The zero-order valence-electron chi connectivity index (χ0n) is 14.1. The SMILES string of the molecule is N#Cc1ccccc1-c1ccccc1C(=O)NNC(=O)c1ccc(F)cc1. The second-order valence-electron chi connectivity index (χ2n) is 5.62. The van der Waals surface area contributed by atoms with Crippen molar-refractivity contribution in [3.8, 4) is 17.2 Å². The lowest BCUT2D eigenvalue weighted by Crippen LogP contribution is -2.41. The third kappa shape index (κ3) is 3.99. The van der Waals surface area contributed by atoms with Crippen molar-refractivity contribution in [1.29, 1.82) is 5.26 Å². The van der Waals surface area contributed by atoms with E-state index < -0.39 is 17.6 Å². The van der Waals surface area contributed by atoms with Crippen LogP contribution in [-0.4, -0.2) is 11.8 Å². The Bertz CT molecular complexity index is 1040. The Kier molecular flexibility index (Phi) is 5.24. The van der Waals surface area contributed by atoms with Crippen LogP contribution in [0, 0.1) is 17.1 Å². The van der Waals surface area contributed by atoms with E-state index in [9.17, 15) is 19.2 Å². The summed E-state index contributed by atoms with van der Waals surface area (Å²) >= 11 is 0. The van der Waals surface area contributed by atoms with Gasteiger partial charge in [-0.25, -0.2) is 4.39 Å². The highest BCUT2D eigenvalue weighted by atomic mass is 19.1. The molecule has 0 saturated carbocycles. The van der Waals surface area contributed by atoms with Gasteiger partial charge < -0.3 is 0 Å². The van der Waals surface area contributed by atoms with Crippen molar-refractivity contribution >= 4 is 11.8 Å². The quantitative estimate of drug-likeness (QED) is 0.703. The van der Waals surface area contributed by atoms with Gasteiger partial charge in [0.1, 0.15) is 5.82 Å². The summed E-state index contributed by atoms with van der Waals surface area (Å²) in [5.41, 5.74) is 6.79. The normalized spacial score (nSPS) is 9.93. The molecule has 2 amide bonds. The predicted molar refractivity (Wildman–Crippen MR) is 97.9 cm³/mol. The number of amides is 2. The van der Waals surface area contributed by atoms with Gasteiger partial charge in [0.2, 0.25) is 0 Å². The molecule has 0 unspecified atom stereocenters. The van der Waals surface area contributed by atoms with Gasteiger partial charge in [-0.3, -0.25) is 20.4 Å². The molecule has 0 spiro atoms. The van der Waals surface area contributed by atoms with Crippen LogP contribution in [0.5, 0.6) is 0 Å². The number of carbonyl (C=O) groups is 2. The number of nitriles is 1. The lowest BCUT2D eigenvalue weighted by molar-refractivity contribution is 0.0847. The molecule has 0 aliphatic rings. The zero-order valence-corrected chi connectivity index (χ0v) is 14.1. The summed E-state index contributed by atoms with van der Waals surface area (Å²) in [4.78, 5) is 24.6. The Morgan fingerprint density at radius 3 is 2.07 bits per heavy atom. The van der Waals surface area contributed by atoms with Crippen molar-refractivity contribution in [3.63, 3.8) is 0 Å². The standard InChI is InChI=1S/C21H14FN3O2/c22-16-11-9-14(10-12-16)20(26)24-25-21(27)19-8-4-3-7-18(19)17-6-2-1-5-15(17)13-23/h1-12H,(H,24,26)(H,25,27). The molecule has 0 fully saturated rings. The maximum atomic E-state index is 12.9. The summed E-state index contributed by atoms with van der Waals surface area (Å²) in [7, 11) is 0. The van der Waals surface area contributed by atoms with E-state index in [1.54, 1.807) is 48.5 Å². The van der Waals surface area contributed by atoms with Crippen LogP contribution in [0.1, 0.15) is 26.3 Å². The van der Waals surface area contributed by atoms with Gasteiger partial charge in [0.25, 0.3) is 11.8 Å². The number of benzene rings is 3. The second kappa shape index (κ2) is 7.93. The fourth-order valence-corrected chi connectivity index (χ4v) is 2.59. The lowest BCUT2D eigenvalue weighted by atomic mass is 9.95. The van der Waals surface area contributed by atoms with E-state index in [-0.39, 0.29) is 5.56 Å². The minimum absolute atomic E-state index is 0.208. The molecule has 0 radical (unpaired) electrons. The third-order valence-corrected chi connectivity index (χ3v) is 3.91. The van der Waals surface area contributed by atoms with Crippen LogP contribution in [0.2, 0.25) is 0 Å². The van der Waals surface area contributed by atoms with E-state index in [1.807, 2.05) is 0 Å². The van der Waals surface area contributed by atoms with E-state index in [2.05, 4.69) is 16.9 Å². The van der Waals surface area contributed by atoms with Crippen molar-refractivity contribution in [2.45, 2.75) is 0 Å². The maximum absolute atomic E-state index is 12.9. The molecule has 3 aromatic carbocycles. The number of nitrogens with one attached hydrogen (secondary N) is 2. The van der Waals surface area contributed by atoms with Crippen molar-refractivity contribution in [2.24, 2.45) is 0 Å². The summed E-state index contributed by atoms with van der Waals surface area (Å²) in [6.07, 6.45) is 0. The lowest BCUT2D eigenvalue weighted by Gasteiger charge is -2.12. The highest BCUT2D eigenvalue weighted by molar-refractivity contribution is 6.03. The number of nitrogens with zero attached hydrogens (tertiary/aromatic N) is 1. The molecule has 6 heteroatoms. The molecule has 0 aliphatic carbocycles. The van der Waals surface area contributed by atoms with Gasteiger partial charge >= 0.3 is 0 Å². The van der Waals surface area contributed by atoms with Gasteiger partial charge in [-0.05, 0) is 42.0 Å². The number of hydrogen-bond acceptors (Lipinski definition) is 3. The van der Waals surface area contributed by atoms with Crippen LogP contribution >= 0.6 is 0 Å². The van der Waals surface area contributed by atoms with Gasteiger partial charge in [0, 0.05) is 16.7 Å². The van der Waals surface area contributed by atoms with Crippen LogP contribution in [0.25, 0.3) is 11.1 Å². The van der Waals surface area contributed by atoms with E-state index in [0.717, 1.165) is 12.1 Å². The molecule has 132 valence electrons. The van der Waals surface area contributed by atoms with Crippen molar-refractivity contribution in [2.75, 3.05) is 0 Å². The molecule has 0 bridgehead atoms. The third-order valence-electron chi connectivity index (χ3n) is 3.91. The van der Waals surface area contributed by atoms with Crippen LogP contribution in [0.3, 0.4) is 0 Å². The van der Waals surface area contributed by atoms with E-state index >= 15 is 0 Å². The summed E-state index contributed by atoms with van der Waals surface area (Å²) < 4.78 is 12.9. The van der Waals surface area contributed by atoms with Gasteiger partial charge in [-0.1, -0.05) is 36.4 Å². The highest BCUT2D eigenvalue weighted by Crippen LogP contribution is 2.26. The molecule has 27 heavy (non-hydrogen) atoms. The predicted octanol–water partition coefficient (Wildman–Crippen LogP) is 3.44. The van der Waals surface area contributed by atoms with Crippen LogP contribution < -0.4 is 10.9 Å².